The van der Waals surface area contributed by atoms with Crippen LogP contribution in [0.1, 0.15) is 38.7 Å². The van der Waals surface area contributed by atoms with Crippen molar-refractivity contribution in [3.05, 3.63) is 29.8 Å². The van der Waals surface area contributed by atoms with Gasteiger partial charge in [0.1, 0.15) is 30.4 Å². The number of carboxylic acids is 1. The molecule has 0 saturated carbocycles. The number of amides is 5. The van der Waals surface area contributed by atoms with E-state index in [4.69, 9.17) is 22.3 Å². The van der Waals surface area contributed by atoms with Crippen LogP contribution in [0, 0.1) is 5.92 Å². The van der Waals surface area contributed by atoms with Crippen LogP contribution in [-0.2, 0) is 35.2 Å². The van der Waals surface area contributed by atoms with Crippen molar-refractivity contribution < 1.29 is 44.1 Å². The number of guanidine groups is 1. The lowest BCUT2D eigenvalue weighted by Gasteiger charge is -2.25. The Hall–Kier alpha value is -4.97. The van der Waals surface area contributed by atoms with Gasteiger partial charge in [0.2, 0.25) is 29.5 Å². The van der Waals surface area contributed by atoms with Gasteiger partial charge in [-0.1, -0.05) is 32.4 Å². The van der Waals surface area contributed by atoms with E-state index in [0.29, 0.717) is 12.0 Å². The van der Waals surface area contributed by atoms with Gasteiger partial charge in [-0.2, -0.15) is 0 Å². The van der Waals surface area contributed by atoms with E-state index < -0.39 is 79.4 Å². The SMILES string of the molecule is CCC(C)C(NC(=O)C(N)Cc1ccc(O)cc1)C(=O)NCC(=O)NC(CO)C(=O)NC(CCCN=C(N)N)C(=O)NCC(=O)O. The molecule has 1 aromatic carbocycles. The van der Waals surface area contributed by atoms with Crippen LogP contribution in [0.3, 0.4) is 0 Å². The van der Waals surface area contributed by atoms with Crippen LogP contribution in [0.2, 0.25) is 0 Å². The zero-order valence-corrected chi connectivity index (χ0v) is 25.8. The second kappa shape index (κ2) is 20.1. The summed E-state index contributed by atoms with van der Waals surface area (Å²) < 4.78 is 0. The van der Waals surface area contributed by atoms with Crippen molar-refractivity contribution in [3.63, 3.8) is 0 Å². The second-order valence-electron chi connectivity index (χ2n) is 10.5. The molecule has 0 radical (unpaired) electrons. The van der Waals surface area contributed by atoms with Crippen LogP contribution in [0.5, 0.6) is 5.75 Å². The molecule has 0 aromatic heterocycles. The molecule has 1 rings (SSSR count). The molecule has 0 bridgehead atoms. The minimum Gasteiger partial charge on any atom is -0.508 e. The Morgan fingerprint density at radius 3 is 2.07 bits per heavy atom. The van der Waals surface area contributed by atoms with Gasteiger partial charge in [0.25, 0.3) is 0 Å². The Balaban J connectivity index is 2.79. The Morgan fingerprint density at radius 1 is 0.870 bits per heavy atom. The number of aliphatic imine (C=N–C) groups is 1. The zero-order chi connectivity index (χ0) is 34.8. The standard InChI is InChI=1S/C28H45N9O9/c1-3-15(2)23(37-24(43)18(29)11-16-6-8-17(39)9-7-16)27(46)33-12-21(40)35-20(14-38)26(45)36-19(5-4-10-32-28(30)31)25(44)34-13-22(41)42/h6-9,15,18-20,23,38-39H,3-5,10-14,29H2,1-2H3,(H,33,46)(H,34,44)(H,35,40)(H,36,45)(H,37,43)(H,41,42)(H4,30,31,32). The fourth-order valence-electron chi connectivity index (χ4n) is 3.99. The number of aliphatic carboxylic acids is 1. The topological polar surface area (TPSA) is 314 Å². The minimum atomic E-state index is -1.53. The molecule has 46 heavy (non-hydrogen) atoms. The fourth-order valence-corrected chi connectivity index (χ4v) is 3.99. The van der Waals surface area contributed by atoms with Crippen molar-refractivity contribution in [2.24, 2.45) is 28.1 Å². The van der Waals surface area contributed by atoms with E-state index in [1.807, 2.05) is 0 Å². The van der Waals surface area contributed by atoms with E-state index in [2.05, 4.69) is 31.6 Å². The third-order valence-corrected chi connectivity index (χ3v) is 6.77. The number of nitrogens with zero attached hydrogens (tertiary/aromatic N) is 1. The lowest BCUT2D eigenvalue weighted by atomic mass is 9.97. The monoisotopic (exact) mass is 651 g/mol. The van der Waals surface area contributed by atoms with Gasteiger partial charge in [0.15, 0.2) is 5.96 Å². The molecule has 0 aliphatic carbocycles. The number of aromatic hydroxyl groups is 1. The number of aliphatic hydroxyl groups excluding tert-OH is 1. The number of aliphatic hydroxyl groups is 1. The van der Waals surface area contributed by atoms with Crippen LogP contribution >= 0.6 is 0 Å². The summed E-state index contributed by atoms with van der Waals surface area (Å²) >= 11 is 0. The molecule has 0 aliphatic rings. The number of phenols is 1. The third-order valence-electron chi connectivity index (χ3n) is 6.77. The molecule has 256 valence electrons. The van der Waals surface area contributed by atoms with Gasteiger partial charge in [0.05, 0.1) is 19.2 Å². The van der Waals surface area contributed by atoms with Crippen LogP contribution < -0.4 is 43.8 Å². The normalized spacial score (nSPS) is 13.9. The average Bonchev–Trinajstić information content (AvgIpc) is 3.01. The number of benzene rings is 1. The molecular weight excluding hydrogens is 606 g/mol. The smallest absolute Gasteiger partial charge is 0.322 e. The summed E-state index contributed by atoms with van der Waals surface area (Å²) in [6, 6.07) is 1.33. The summed E-state index contributed by atoms with van der Waals surface area (Å²) in [7, 11) is 0. The molecule has 5 atom stereocenters. The van der Waals surface area contributed by atoms with Gasteiger partial charge in [-0.05, 0) is 42.9 Å². The summed E-state index contributed by atoms with van der Waals surface area (Å²) in [6.07, 6.45) is 0.864. The van der Waals surface area contributed by atoms with E-state index in [1.54, 1.807) is 26.0 Å². The highest BCUT2D eigenvalue weighted by atomic mass is 16.4. The first-order chi connectivity index (χ1) is 21.7. The van der Waals surface area contributed by atoms with Crippen molar-refractivity contribution in [1.29, 1.82) is 0 Å². The molecule has 18 heteroatoms. The van der Waals surface area contributed by atoms with Gasteiger partial charge in [-0.25, -0.2) is 0 Å². The van der Waals surface area contributed by atoms with Crippen LogP contribution in [0.4, 0.5) is 0 Å². The molecule has 0 aliphatic heterocycles. The first-order valence-electron chi connectivity index (χ1n) is 14.5. The molecule has 18 nitrogen and oxygen atoms in total. The number of phenolic OH excluding ortho intramolecular Hbond substituents is 1. The summed E-state index contributed by atoms with van der Waals surface area (Å²) in [6.45, 7) is 1.45. The molecule has 14 N–H and O–H groups in total. The number of carbonyl (C=O) groups is 6. The molecule has 5 unspecified atom stereocenters. The van der Waals surface area contributed by atoms with Crippen molar-refractivity contribution in [2.45, 2.75) is 63.7 Å². The quantitative estimate of drug-likeness (QED) is 0.0366. The number of nitrogens with two attached hydrogens (primary N) is 3. The van der Waals surface area contributed by atoms with Crippen LogP contribution in [0.15, 0.2) is 29.3 Å². The molecular formula is C28H45N9O9. The average molecular weight is 652 g/mol. The van der Waals surface area contributed by atoms with Gasteiger partial charge in [-0.3, -0.25) is 33.8 Å². The second-order valence-corrected chi connectivity index (χ2v) is 10.5. The van der Waals surface area contributed by atoms with E-state index >= 15 is 0 Å². The van der Waals surface area contributed by atoms with E-state index in [1.165, 1.54) is 12.1 Å². The molecule has 0 saturated heterocycles. The summed E-state index contributed by atoms with van der Waals surface area (Å²) in [5, 5.41) is 39.7. The lowest BCUT2D eigenvalue weighted by Crippen LogP contribution is -2.57. The number of rotatable bonds is 20. The number of hydrogen-bond donors (Lipinski definition) is 11. The maximum Gasteiger partial charge on any atom is 0.322 e. The Labute approximate surface area is 265 Å². The van der Waals surface area contributed by atoms with Gasteiger partial charge in [-0.15, -0.1) is 0 Å². The largest absolute Gasteiger partial charge is 0.508 e. The predicted octanol–water partition coefficient (Wildman–Crippen LogP) is -3.87. The van der Waals surface area contributed by atoms with Crippen molar-refractivity contribution >= 4 is 41.5 Å². The Bertz CT molecular complexity index is 1220. The van der Waals surface area contributed by atoms with Gasteiger partial charge >= 0.3 is 5.97 Å². The minimum absolute atomic E-state index is 0.00254. The van der Waals surface area contributed by atoms with E-state index in [0.717, 1.165) is 0 Å². The number of carbonyl (C=O) groups excluding carboxylic acids is 5. The third kappa shape index (κ3) is 14.7. The van der Waals surface area contributed by atoms with Crippen molar-refractivity contribution in [2.75, 3.05) is 26.2 Å². The Morgan fingerprint density at radius 2 is 1.50 bits per heavy atom. The highest BCUT2D eigenvalue weighted by Gasteiger charge is 2.30. The predicted molar refractivity (Wildman–Crippen MR) is 166 cm³/mol. The maximum absolute atomic E-state index is 13.0. The van der Waals surface area contributed by atoms with E-state index in [-0.39, 0.29) is 43.4 Å². The first kappa shape index (κ1) is 39.1. The Kier molecular flexibility index (Phi) is 17.1. The number of nitrogens with one attached hydrogen (secondary N) is 5. The van der Waals surface area contributed by atoms with Crippen LogP contribution in [0.25, 0.3) is 0 Å². The number of carboxylic acid groups (broad SMARTS) is 1. The fraction of sp³-hybridized carbons (Fsp3) is 0.536. The highest BCUT2D eigenvalue weighted by Crippen LogP contribution is 2.12. The molecule has 1 aromatic rings. The lowest BCUT2D eigenvalue weighted by molar-refractivity contribution is -0.138. The zero-order valence-electron chi connectivity index (χ0n) is 25.8. The molecule has 0 heterocycles. The molecule has 5 amide bonds. The highest BCUT2D eigenvalue weighted by molar-refractivity contribution is 5.95. The van der Waals surface area contributed by atoms with Crippen LogP contribution in [-0.4, -0.2) is 107 Å². The maximum atomic E-state index is 13.0. The van der Waals surface area contributed by atoms with Gasteiger partial charge < -0.3 is 59.1 Å². The molecule has 0 fully saturated rings. The summed E-state index contributed by atoms with van der Waals surface area (Å²) in [5.41, 5.74) is 17.3. The van der Waals surface area contributed by atoms with E-state index in [9.17, 15) is 39.0 Å². The first-order valence-corrected chi connectivity index (χ1v) is 14.5. The summed E-state index contributed by atoms with van der Waals surface area (Å²) in [5.74, 6) is -5.70. The molecule has 0 spiro atoms. The number of hydrogen-bond acceptors (Lipinski definition) is 10. The van der Waals surface area contributed by atoms with Crippen molar-refractivity contribution in [1.82, 2.24) is 26.6 Å². The summed E-state index contributed by atoms with van der Waals surface area (Å²) in [4.78, 5) is 78.2. The van der Waals surface area contributed by atoms with Crippen molar-refractivity contribution in [3.8, 4) is 5.75 Å². The van der Waals surface area contributed by atoms with Gasteiger partial charge in [0, 0.05) is 6.54 Å².